The number of ether oxygens (including phenoxy) is 2. The Kier molecular flexibility index (Phi) is 9.90. The van der Waals surface area contributed by atoms with E-state index < -0.39 is 80.7 Å². The third-order valence-electron chi connectivity index (χ3n) is 10.8. The number of nitrogens with one attached hydrogen (secondary N) is 3. The number of benzene rings is 1. The van der Waals surface area contributed by atoms with E-state index in [0.29, 0.717) is 25.9 Å². The lowest BCUT2D eigenvalue weighted by molar-refractivity contribution is -0.141. The van der Waals surface area contributed by atoms with Gasteiger partial charge in [-0.2, -0.15) is 0 Å². The summed E-state index contributed by atoms with van der Waals surface area (Å²) in [6, 6.07) is 3.76. The van der Waals surface area contributed by atoms with Gasteiger partial charge in [-0.15, -0.1) is 6.58 Å². The van der Waals surface area contributed by atoms with Crippen LogP contribution < -0.4 is 15.4 Å². The Balaban J connectivity index is 1.27. The molecule has 0 aromatic heterocycles. The molecule has 0 unspecified atom stereocenters. The van der Waals surface area contributed by atoms with Crippen molar-refractivity contribution in [1.29, 1.82) is 0 Å². The molecule has 5 atom stereocenters. The van der Waals surface area contributed by atoms with Gasteiger partial charge in [-0.25, -0.2) is 18.0 Å². The summed E-state index contributed by atoms with van der Waals surface area (Å²) in [6.45, 7) is 12.0. The number of rotatable bonds is 7. The van der Waals surface area contributed by atoms with Gasteiger partial charge in [0.1, 0.15) is 23.7 Å². The topological polar surface area (TPSA) is 181 Å². The molecule has 5 aliphatic rings. The summed E-state index contributed by atoms with van der Waals surface area (Å²) >= 11 is 0. The van der Waals surface area contributed by atoms with Crippen LogP contribution in [0.25, 0.3) is 0 Å². The van der Waals surface area contributed by atoms with Gasteiger partial charge >= 0.3 is 12.2 Å². The van der Waals surface area contributed by atoms with E-state index in [0.717, 1.165) is 36.0 Å². The predicted molar refractivity (Wildman–Crippen MR) is 185 cm³/mol. The molecule has 3 aliphatic heterocycles. The average Bonchev–Trinajstić information content (AvgIpc) is 3.96. The molecule has 1 aromatic rings. The zero-order chi connectivity index (χ0) is 36.9. The first-order chi connectivity index (χ1) is 24.0. The highest BCUT2D eigenvalue weighted by Crippen LogP contribution is 2.45. The highest BCUT2D eigenvalue weighted by Gasteiger charge is 2.62. The molecule has 51 heavy (non-hydrogen) atoms. The lowest BCUT2D eigenvalue weighted by Gasteiger charge is -2.31. The number of sulfonamides is 1. The number of alkyl carbamates (subject to hydrolysis) is 1. The van der Waals surface area contributed by atoms with Crippen LogP contribution in [-0.4, -0.2) is 90.3 Å². The van der Waals surface area contributed by atoms with E-state index in [9.17, 15) is 32.4 Å². The van der Waals surface area contributed by atoms with Gasteiger partial charge in [-0.3, -0.25) is 24.0 Å². The van der Waals surface area contributed by atoms with Crippen molar-refractivity contribution in [3.8, 4) is 0 Å². The minimum Gasteiger partial charge on any atom is -0.449 e. The van der Waals surface area contributed by atoms with E-state index in [2.05, 4.69) is 28.0 Å². The molecule has 0 radical (unpaired) electrons. The number of hydrogen-bond donors (Lipinski definition) is 3. The Morgan fingerprint density at radius 2 is 1.84 bits per heavy atom. The van der Waals surface area contributed by atoms with Crippen molar-refractivity contribution in [2.75, 3.05) is 13.2 Å². The molecule has 278 valence electrons. The first-order valence-corrected chi connectivity index (χ1v) is 19.4. The molecule has 5 amide bonds. The third-order valence-corrected chi connectivity index (χ3v) is 12.6. The Morgan fingerprint density at radius 1 is 1.12 bits per heavy atom. The summed E-state index contributed by atoms with van der Waals surface area (Å²) in [6.07, 6.45) is 2.63. The minimum absolute atomic E-state index is 0.0738. The van der Waals surface area contributed by atoms with Gasteiger partial charge in [0, 0.05) is 25.4 Å². The summed E-state index contributed by atoms with van der Waals surface area (Å²) in [5.74, 6) is -3.10. The Hall–Kier alpha value is -4.14. The highest BCUT2D eigenvalue weighted by molar-refractivity contribution is 7.91. The summed E-state index contributed by atoms with van der Waals surface area (Å²) < 4.78 is 39.0. The molecule has 3 heterocycles. The average molecular weight is 728 g/mol. The van der Waals surface area contributed by atoms with Crippen LogP contribution in [0.3, 0.4) is 0 Å². The van der Waals surface area contributed by atoms with Crippen LogP contribution in [0, 0.1) is 17.3 Å². The fourth-order valence-electron chi connectivity index (χ4n) is 7.42. The van der Waals surface area contributed by atoms with E-state index in [1.807, 2.05) is 26.0 Å². The van der Waals surface area contributed by atoms with Crippen molar-refractivity contribution >= 4 is 39.9 Å². The van der Waals surface area contributed by atoms with Gasteiger partial charge in [-0.05, 0) is 66.5 Å². The molecule has 1 saturated heterocycles. The first kappa shape index (κ1) is 36.6. The van der Waals surface area contributed by atoms with Crippen LogP contribution in [0.1, 0.15) is 82.9 Å². The molecule has 1 aromatic carbocycles. The highest BCUT2D eigenvalue weighted by atomic mass is 32.2. The van der Waals surface area contributed by atoms with Crippen molar-refractivity contribution in [1.82, 2.24) is 25.2 Å². The molecule has 0 spiro atoms. The van der Waals surface area contributed by atoms with Crippen LogP contribution in [0.5, 0.6) is 0 Å². The van der Waals surface area contributed by atoms with Gasteiger partial charge in [0.2, 0.25) is 21.8 Å². The van der Waals surface area contributed by atoms with Gasteiger partial charge in [0.15, 0.2) is 0 Å². The molecule has 6 rings (SSSR count). The second kappa shape index (κ2) is 13.8. The van der Waals surface area contributed by atoms with Crippen molar-refractivity contribution in [3.63, 3.8) is 0 Å². The SMILES string of the molecule is C=C[C@H]1C[C@]1(NC(=O)[C@@H]1C[C@@H]2CN1C(=O)[C@H](C(C)C)NC(=O)OCC(C)(C)CCCc1cccc3c1CN(C3)C(=O)O2)C(=O)NS(=O)(=O)C1CC1. The maximum atomic E-state index is 14.2. The number of fused-ring (bicyclic) bond motifs is 3. The normalized spacial score (nSPS) is 29.5. The number of carbonyl (C=O) groups is 5. The second-order valence-electron chi connectivity index (χ2n) is 15.8. The van der Waals surface area contributed by atoms with E-state index in [-0.39, 0.29) is 31.4 Å². The number of aryl methyl sites for hydroxylation is 1. The lowest BCUT2D eigenvalue weighted by atomic mass is 9.86. The van der Waals surface area contributed by atoms with Crippen LogP contribution in [0.4, 0.5) is 9.59 Å². The summed E-state index contributed by atoms with van der Waals surface area (Å²) in [5, 5.41) is 4.78. The number of cyclic esters (lactones) is 1. The summed E-state index contributed by atoms with van der Waals surface area (Å²) in [4.78, 5) is 71.3. The third kappa shape index (κ3) is 7.73. The van der Waals surface area contributed by atoms with Crippen LogP contribution >= 0.6 is 0 Å². The number of hydrogen-bond acceptors (Lipinski definition) is 9. The fourth-order valence-corrected chi connectivity index (χ4v) is 8.78. The molecule has 3 fully saturated rings. The lowest BCUT2D eigenvalue weighted by Crippen LogP contribution is -2.59. The number of amides is 5. The van der Waals surface area contributed by atoms with Crippen molar-refractivity contribution in [3.05, 3.63) is 47.5 Å². The molecule has 14 nitrogen and oxygen atoms in total. The van der Waals surface area contributed by atoms with Crippen LogP contribution in [0.2, 0.25) is 0 Å². The minimum atomic E-state index is -3.90. The maximum absolute atomic E-state index is 14.2. The fraction of sp³-hybridized carbons (Fsp3) is 0.639. The maximum Gasteiger partial charge on any atom is 0.410 e. The number of carbonyl (C=O) groups excluding carboxylic acids is 5. The molecular weight excluding hydrogens is 678 g/mol. The molecule has 3 N–H and O–H groups in total. The van der Waals surface area contributed by atoms with Gasteiger partial charge in [0.25, 0.3) is 5.91 Å². The van der Waals surface area contributed by atoms with Crippen molar-refractivity contribution < 1.29 is 41.9 Å². The van der Waals surface area contributed by atoms with Gasteiger partial charge < -0.3 is 25.0 Å². The molecule has 2 saturated carbocycles. The standard InChI is InChI=1S/C36H49N5O9S/c1-6-24-16-36(24,32(44)39-51(47,48)26-12-13-26)38-30(42)28-15-25-18-41(28)31(43)29(21(2)3)37-33(45)49-20-35(4,5)14-8-11-22-9-7-10-23-17-40(19-27(22)23)34(46)50-25/h6-7,9-10,21,24-26,28-29H,1,8,11-20H2,2-5H3,(H,37,45)(H,38,42)(H,39,44)/t24-,25+,28-,29-,36+/m0/s1. The van der Waals surface area contributed by atoms with Gasteiger partial charge in [-0.1, -0.05) is 52.0 Å². The quantitative estimate of drug-likeness (QED) is 0.356. The smallest absolute Gasteiger partial charge is 0.410 e. The molecule has 15 heteroatoms. The monoisotopic (exact) mass is 727 g/mol. The largest absolute Gasteiger partial charge is 0.449 e. The summed E-state index contributed by atoms with van der Waals surface area (Å²) in [5.41, 5.74) is 1.34. The van der Waals surface area contributed by atoms with Crippen LogP contribution in [-0.2, 0) is 53.4 Å². The van der Waals surface area contributed by atoms with Gasteiger partial charge in [0.05, 0.1) is 18.4 Å². The Morgan fingerprint density at radius 3 is 2.51 bits per heavy atom. The molecule has 2 aliphatic carbocycles. The zero-order valence-electron chi connectivity index (χ0n) is 29.7. The Bertz CT molecular complexity index is 1720. The molecule has 4 bridgehead atoms. The second-order valence-corrected chi connectivity index (χ2v) is 17.8. The summed E-state index contributed by atoms with van der Waals surface area (Å²) in [7, 11) is -3.90. The van der Waals surface area contributed by atoms with Crippen molar-refractivity contribution in [2.45, 2.75) is 115 Å². The van der Waals surface area contributed by atoms with E-state index in [1.165, 1.54) is 11.0 Å². The first-order valence-electron chi connectivity index (χ1n) is 17.8. The van der Waals surface area contributed by atoms with E-state index in [1.54, 1.807) is 18.7 Å². The predicted octanol–water partition coefficient (Wildman–Crippen LogP) is 2.89. The zero-order valence-corrected chi connectivity index (χ0v) is 30.6. The van der Waals surface area contributed by atoms with E-state index >= 15 is 0 Å². The number of nitrogens with zero attached hydrogens (tertiary/aromatic N) is 2. The molecular formula is C36H49N5O9S. The Labute approximate surface area is 299 Å². The van der Waals surface area contributed by atoms with Crippen molar-refractivity contribution in [2.24, 2.45) is 17.3 Å². The van der Waals surface area contributed by atoms with E-state index in [4.69, 9.17) is 9.47 Å². The van der Waals surface area contributed by atoms with Crippen LogP contribution in [0.15, 0.2) is 30.9 Å².